The summed E-state index contributed by atoms with van der Waals surface area (Å²) < 4.78 is 6.40. The van der Waals surface area contributed by atoms with Gasteiger partial charge in [0.2, 0.25) is 29.9 Å². The number of hydrogen-bond acceptors (Lipinski definition) is 9. The molecule has 6 amide bonds. The zero-order chi connectivity index (χ0) is 44.4. The Labute approximate surface area is 359 Å². The van der Waals surface area contributed by atoms with Gasteiger partial charge >= 0.3 is 6.09 Å². The average Bonchev–Trinajstić information content (AvgIpc) is 3.91. The van der Waals surface area contributed by atoms with E-state index in [1.54, 1.807) is 60.8 Å². The zero-order valence-electron chi connectivity index (χ0n) is 36.5. The number of Topliss-reactive ketones (excluding diaryl/α,β-unsaturated/α-hetero) is 1. The number of aliphatic hydroxyl groups is 1. The fraction of sp³-hybridized carbons (Fsp3) is 0.698. The van der Waals surface area contributed by atoms with Crippen molar-refractivity contribution in [2.75, 3.05) is 27.2 Å². The van der Waals surface area contributed by atoms with Crippen LogP contribution in [0.4, 0.5) is 4.79 Å². The molecular formula is C43H69BrN6O9. The highest BCUT2D eigenvalue weighted by Crippen LogP contribution is 2.35. The van der Waals surface area contributed by atoms with Gasteiger partial charge in [0, 0.05) is 31.7 Å². The molecule has 0 bridgehead atoms. The van der Waals surface area contributed by atoms with Crippen molar-refractivity contribution in [3.63, 3.8) is 0 Å². The van der Waals surface area contributed by atoms with E-state index in [0.717, 1.165) is 55.0 Å². The van der Waals surface area contributed by atoms with Gasteiger partial charge in [0.1, 0.15) is 23.7 Å². The number of nitrogens with zero attached hydrogens (tertiary/aromatic N) is 2. The molecule has 59 heavy (non-hydrogen) atoms. The maximum atomic E-state index is 14.2. The molecule has 1 aliphatic heterocycles. The Hall–Kier alpha value is -4.05. The quantitative estimate of drug-likeness (QED) is 0.114. The summed E-state index contributed by atoms with van der Waals surface area (Å²) in [5.41, 5.74) is 0.0181. The molecule has 5 N–H and O–H groups in total. The lowest BCUT2D eigenvalue weighted by atomic mass is 9.83. The largest absolute Gasteiger partial charge is 0.444 e. The van der Waals surface area contributed by atoms with E-state index >= 15 is 0 Å². The first-order chi connectivity index (χ1) is 27.9. The van der Waals surface area contributed by atoms with Crippen LogP contribution >= 0.6 is 15.9 Å². The summed E-state index contributed by atoms with van der Waals surface area (Å²) >= 11 is 3.31. The molecule has 0 spiro atoms. The number of ether oxygens (including phenoxy) is 1. The summed E-state index contributed by atoms with van der Waals surface area (Å²) in [5, 5.41) is 20.9. The first kappa shape index (κ1) is 51.1. The van der Waals surface area contributed by atoms with Crippen molar-refractivity contribution in [2.24, 2.45) is 17.8 Å². The number of halogens is 1. The van der Waals surface area contributed by atoms with Gasteiger partial charge in [-0.05, 0) is 102 Å². The van der Waals surface area contributed by atoms with Crippen LogP contribution in [0.2, 0.25) is 0 Å². The van der Waals surface area contributed by atoms with Gasteiger partial charge in [-0.3, -0.25) is 28.8 Å². The summed E-state index contributed by atoms with van der Waals surface area (Å²) in [6.07, 6.45) is 6.71. The summed E-state index contributed by atoms with van der Waals surface area (Å²) in [6.45, 7) is 13.2. The highest BCUT2D eigenvalue weighted by molar-refractivity contribution is 9.10. The molecule has 0 radical (unpaired) electrons. The Morgan fingerprint density at radius 2 is 1.56 bits per heavy atom. The van der Waals surface area contributed by atoms with E-state index in [2.05, 4.69) is 37.2 Å². The van der Waals surface area contributed by atoms with Crippen molar-refractivity contribution in [1.29, 1.82) is 0 Å². The van der Waals surface area contributed by atoms with Crippen LogP contribution in [0.3, 0.4) is 0 Å². The Morgan fingerprint density at radius 1 is 0.949 bits per heavy atom. The molecule has 332 valence electrons. The minimum Gasteiger partial charge on any atom is -0.444 e. The van der Waals surface area contributed by atoms with Crippen LogP contribution in [0.25, 0.3) is 0 Å². The second-order valence-electron chi connectivity index (χ2n) is 16.6. The molecule has 1 aromatic rings. The normalized spacial score (nSPS) is 19.7. The van der Waals surface area contributed by atoms with Crippen LogP contribution < -0.4 is 21.3 Å². The van der Waals surface area contributed by atoms with Crippen molar-refractivity contribution >= 4 is 57.8 Å². The van der Waals surface area contributed by atoms with Crippen molar-refractivity contribution in [2.45, 2.75) is 149 Å². The topological polar surface area (TPSA) is 204 Å². The van der Waals surface area contributed by atoms with E-state index < -0.39 is 59.6 Å². The number of ketones is 1. The summed E-state index contributed by atoms with van der Waals surface area (Å²) in [6, 6.07) is 3.85. The molecule has 3 fully saturated rings. The van der Waals surface area contributed by atoms with E-state index in [4.69, 9.17) is 4.74 Å². The van der Waals surface area contributed by atoms with Gasteiger partial charge in [-0.15, -0.1) is 0 Å². The lowest BCUT2D eigenvalue weighted by molar-refractivity contribution is -0.144. The second-order valence-corrected chi connectivity index (χ2v) is 17.5. The molecule has 2 aliphatic carbocycles. The van der Waals surface area contributed by atoms with Crippen LogP contribution in [0, 0.1) is 17.8 Å². The predicted octanol–water partition coefficient (Wildman–Crippen LogP) is 4.79. The summed E-state index contributed by atoms with van der Waals surface area (Å²) in [7, 11) is 3.31. The van der Waals surface area contributed by atoms with E-state index in [-0.39, 0.29) is 36.1 Å². The van der Waals surface area contributed by atoms with Gasteiger partial charge in [0.25, 0.3) is 5.91 Å². The number of benzene rings is 1. The molecule has 1 aromatic carbocycles. The third-order valence-electron chi connectivity index (χ3n) is 10.4. The molecule has 5 unspecified atom stereocenters. The van der Waals surface area contributed by atoms with E-state index in [9.17, 15) is 38.7 Å². The summed E-state index contributed by atoms with van der Waals surface area (Å²) in [4.78, 5) is 91.5. The SMILES string of the molecule is CC.CCNC(=O)C(=O)C(CC1CC1)NC(=O)C1[C@@H](CC(C)O)CCN1C(=O)C(NC(=O)OC(C)(C)C)C1CCCCC1.CN(C)C(=O)C(NC=O)c1ccc(Br)cc1. The number of amides is 6. The Kier molecular flexibility index (Phi) is 21.6. The number of aliphatic hydroxyl groups excluding tert-OH is 1. The summed E-state index contributed by atoms with van der Waals surface area (Å²) in [5.74, 6) is -2.62. The van der Waals surface area contributed by atoms with Crippen LogP contribution in [-0.4, -0.2) is 114 Å². The molecule has 2 saturated carbocycles. The van der Waals surface area contributed by atoms with Gasteiger partial charge in [-0.25, -0.2) is 4.79 Å². The van der Waals surface area contributed by atoms with Gasteiger partial charge in [-0.2, -0.15) is 0 Å². The van der Waals surface area contributed by atoms with Crippen LogP contribution in [0.15, 0.2) is 28.7 Å². The maximum absolute atomic E-state index is 14.2. The molecule has 3 aliphatic rings. The fourth-order valence-corrected chi connectivity index (χ4v) is 7.74. The predicted molar refractivity (Wildman–Crippen MR) is 229 cm³/mol. The molecule has 1 heterocycles. The van der Waals surface area contributed by atoms with Crippen LogP contribution in [-0.2, 0) is 33.5 Å². The highest BCUT2D eigenvalue weighted by atomic mass is 79.9. The maximum Gasteiger partial charge on any atom is 0.408 e. The zero-order valence-corrected chi connectivity index (χ0v) is 38.1. The lowest BCUT2D eigenvalue weighted by Crippen LogP contribution is -2.59. The second kappa shape index (κ2) is 24.9. The van der Waals surface area contributed by atoms with Crippen molar-refractivity contribution < 1.29 is 43.4 Å². The van der Waals surface area contributed by atoms with E-state index in [1.807, 2.05) is 26.0 Å². The first-order valence-electron chi connectivity index (χ1n) is 21.1. The van der Waals surface area contributed by atoms with Crippen molar-refractivity contribution in [3.8, 4) is 0 Å². The monoisotopic (exact) mass is 892 g/mol. The Morgan fingerprint density at radius 3 is 2.07 bits per heavy atom. The van der Waals surface area contributed by atoms with Gasteiger partial charge < -0.3 is 40.9 Å². The van der Waals surface area contributed by atoms with Gasteiger partial charge in [0.05, 0.1) is 12.1 Å². The molecule has 15 nitrogen and oxygen atoms in total. The number of carbonyl (C=O) groups is 7. The number of nitrogens with one attached hydrogen (secondary N) is 4. The number of rotatable bonds is 16. The van der Waals surface area contributed by atoms with Gasteiger partial charge in [0.15, 0.2) is 0 Å². The Balaban J connectivity index is 0.000000556. The fourth-order valence-electron chi connectivity index (χ4n) is 7.48. The minimum absolute atomic E-state index is 0.0924. The average molecular weight is 894 g/mol. The Bertz CT molecular complexity index is 1540. The smallest absolute Gasteiger partial charge is 0.408 e. The first-order valence-corrected chi connectivity index (χ1v) is 21.9. The van der Waals surface area contributed by atoms with Crippen LogP contribution in [0.1, 0.15) is 124 Å². The standard InChI is InChI=1S/C30H50N4O7.C11H13BrN2O2.C2H6/c1-6-31-27(38)25(36)22(17-19-12-13-19)32-26(37)24-21(16-18(2)35)14-15-34(24)28(39)23(20-10-8-7-9-11-20)33-29(40)41-30(3,4)5;1-14(2)11(16)10(13-7-15)8-3-5-9(12)6-4-8;1-2/h18-24,35H,6-17H2,1-5H3,(H,31,38)(H,32,37)(H,33,40);3-7,10H,1-2H3,(H,13,15);1-2H3/t18?,21-,22?,23?,24?;;/m1../s1. The number of likely N-dealkylation sites (N-methyl/N-ethyl adjacent to an activating group) is 2. The molecular weight excluding hydrogens is 824 g/mol. The number of alkyl carbamates (subject to hydrolysis) is 1. The molecule has 6 atom stereocenters. The number of carbonyl (C=O) groups excluding carboxylic acids is 7. The molecule has 0 aromatic heterocycles. The van der Waals surface area contributed by atoms with E-state index in [0.29, 0.717) is 32.2 Å². The number of hydrogen-bond donors (Lipinski definition) is 5. The molecule has 16 heteroatoms. The molecule has 1 saturated heterocycles. The van der Waals surface area contributed by atoms with Gasteiger partial charge in [-0.1, -0.05) is 74.0 Å². The highest BCUT2D eigenvalue weighted by Gasteiger charge is 2.47. The van der Waals surface area contributed by atoms with Crippen molar-refractivity contribution in [3.05, 3.63) is 34.3 Å². The van der Waals surface area contributed by atoms with Crippen molar-refractivity contribution in [1.82, 2.24) is 31.1 Å². The number of likely N-dealkylation sites (tertiary alicyclic amines) is 1. The van der Waals surface area contributed by atoms with E-state index in [1.165, 1.54) is 9.80 Å². The third-order valence-corrected chi connectivity index (χ3v) is 10.9. The van der Waals surface area contributed by atoms with Crippen LogP contribution in [0.5, 0.6) is 0 Å². The minimum atomic E-state index is -0.986. The lowest BCUT2D eigenvalue weighted by Gasteiger charge is -2.36. The molecule has 4 rings (SSSR count). The third kappa shape index (κ3) is 16.9.